The Morgan fingerprint density at radius 2 is 1.70 bits per heavy atom. The first-order chi connectivity index (χ1) is 15.9. The Labute approximate surface area is 200 Å². The quantitative estimate of drug-likeness (QED) is 0.589. The molecule has 0 spiro atoms. The maximum Gasteiger partial charge on any atom is 0.315 e. The van der Waals surface area contributed by atoms with Gasteiger partial charge in [-0.3, -0.25) is 4.79 Å². The summed E-state index contributed by atoms with van der Waals surface area (Å²) in [5.41, 5.74) is 0.543. The molecule has 3 unspecified atom stereocenters. The Morgan fingerprint density at radius 3 is 2.27 bits per heavy atom. The number of fused-ring (bicyclic) bond motifs is 2. The van der Waals surface area contributed by atoms with Gasteiger partial charge >= 0.3 is 6.03 Å². The number of likely N-dealkylation sites (tertiary alicyclic amines) is 1. The molecule has 3 fully saturated rings. The minimum absolute atomic E-state index is 0.0154. The fraction of sp³-hybridized carbons (Fsp3) is 0.680. The van der Waals surface area contributed by atoms with Crippen LogP contribution in [0.25, 0.3) is 0 Å². The van der Waals surface area contributed by atoms with Crippen molar-refractivity contribution in [3.8, 4) is 0 Å². The van der Waals surface area contributed by atoms with Gasteiger partial charge in [-0.05, 0) is 81.7 Å². The monoisotopic (exact) mass is 474 g/mol. The first-order valence-corrected chi connectivity index (χ1v) is 13.6. The zero-order valence-electron chi connectivity index (χ0n) is 19.9. The third kappa shape index (κ3) is 5.77. The van der Waals surface area contributed by atoms with E-state index >= 15 is 0 Å². The van der Waals surface area contributed by atoms with E-state index in [1.165, 1.54) is 25.7 Å². The molecule has 0 aromatic heterocycles. The van der Waals surface area contributed by atoms with E-state index in [1.807, 2.05) is 4.90 Å². The maximum absolute atomic E-state index is 12.9. The van der Waals surface area contributed by atoms with Gasteiger partial charge in [-0.25, -0.2) is 13.7 Å². The third-order valence-corrected chi connectivity index (χ3v) is 8.99. The summed E-state index contributed by atoms with van der Waals surface area (Å²) in [7, 11) is 0.378. The van der Waals surface area contributed by atoms with Crippen LogP contribution in [0.3, 0.4) is 0 Å². The number of carbonyl (C=O) groups is 2. The van der Waals surface area contributed by atoms with Crippen molar-refractivity contribution in [2.75, 3.05) is 20.1 Å². The zero-order valence-corrected chi connectivity index (χ0v) is 20.7. The summed E-state index contributed by atoms with van der Waals surface area (Å²) < 4.78 is 14.5. The highest BCUT2D eigenvalue weighted by Crippen LogP contribution is 2.45. The van der Waals surface area contributed by atoms with Crippen molar-refractivity contribution >= 4 is 22.9 Å². The second-order valence-corrected chi connectivity index (χ2v) is 11.5. The van der Waals surface area contributed by atoms with Gasteiger partial charge in [0, 0.05) is 30.2 Å². The van der Waals surface area contributed by atoms with Crippen LogP contribution in [0.15, 0.2) is 29.2 Å². The number of amides is 3. The molecule has 3 N–H and O–H groups in total. The molecule has 2 bridgehead atoms. The summed E-state index contributed by atoms with van der Waals surface area (Å²) in [5.74, 6) is 1.51. The highest BCUT2D eigenvalue weighted by atomic mass is 32.2. The van der Waals surface area contributed by atoms with Gasteiger partial charge in [0.15, 0.2) is 0 Å². The van der Waals surface area contributed by atoms with E-state index < -0.39 is 11.0 Å². The Kier molecular flexibility index (Phi) is 7.74. The molecule has 0 radical (unpaired) electrons. The molecule has 1 aromatic carbocycles. The van der Waals surface area contributed by atoms with E-state index in [4.69, 9.17) is 0 Å². The van der Waals surface area contributed by atoms with E-state index in [1.54, 1.807) is 31.3 Å². The van der Waals surface area contributed by atoms with Crippen LogP contribution in [-0.4, -0.2) is 52.8 Å². The SMILES string of the molecule is CCC1(NC(=O)NC2CCN(C(=O)c3ccc(S(=O)NC)cc3)CC2)CC2CCCC(C2)C1. The standard InChI is InChI=1S/C25H38N4O3S/c1-3-25(16-18-5-4-6-19(15-18)17-25)28-24(31)27-21-11-13-29(14-12-21)23(30)20-7-9-22(10-8-20)33(32)26-2/h7-10,18-19,21,26H,3-6,11-17H2,1-2H3,(H2,27,28,31). The zero-order chi connectivity index (χ0) is 23.4. The van der Waals surface area contributed by atoms with Gasteiger partial charge in [0.2, 0.25) is 0 Å². The third-order valence-electron chi connectivity index (χ3n) is 7.92. The fourth-order valence-electron chi connectivity index (χ4n) is 6.15. The molecule has 1 aliphatic heterocycles. The molecule has 8 heteroatoms. The Morgan fingerprint density at radius 1 is 1.06 bits per heavy atom. The van der Waals surface area contributed by atoms with Crippen LogP contribution in [0.5, 0.6) is 0 Å². The van der Waals surface area contributed by atoms with Crippen molar-refractivity contribution in [3.05, 3.63) is 29.8 Å². The number of nitrogens with zero attached hydrogens (tertiary/aromatic N) is 1. The molecule has 33 heavy (non-hydrogen) atoms. The van der Waals surface area contributed by atoms with Crippen LogP contribution in [-0.2, 0) is 11.0 Å². The number of hydrogen-bond donors (Lipinski definition) is 3. The molecule has 3 atom stereocenters. The van der Waals surface area contributed by atoms with Crippen LogP contribution < -0.4 is 15.4 Å². The van der Waals surface area contributed by atoms with Gasteiger partial charge in [0.05, 0.1) is 4.90 Å². The molecule has 2 aliphatic carbocycles. The van der Waals surface area contributed by atoms with Crippen molar-refractivity contribution in [2.45, 2.75) is 81.2 Å². The van der Waals surface area contributed by atoms with E-state index in [-0.39, 0.29) is 23.5 Å². The largest absolute Gasteiger partial charge is 0.338 e. The van der Waals surface area contributed by atoms with E-state index in [0.29, 0.717) is 23.5 Å². The number of urea groups is 1. The second-order valence-electron chi connectivity index (χ2n) is 10.1. The lowest BCUT2D eigenvalue weighted by atomic mass is 9.64. The smallest absolute Gasteiger partial charge is 0.315 e. The molecule has 2 saturated carbocycles. The highest BCUT2D eigenvalue weighted by molar-refractivity contribution is 7.83. The van der Waals surface area contributed by atoms with Gasteiger partial charge in [0.25, 0.3) is 5.91 Å². The first-order valence-electron chi connectivity index (χ1n) is 12.5. The molecule has 1 aromatic rings. The highest BCUT2D eigenvalue weighted by Gasteiger charge is 2.42. The van der Waals surface area contributed by atoms with Crippen LogP contribution in [0.4, 0.5) is 4.79 Å². The van der Waals surface area contributed by atoms with Crippen LogP contribution in [0, 0.1) is 11.8 Å². The molecule has 182 valence electrons. The molecular weight excluding hydrogens is 436 g/mol. The lowest BCUT2D eigenvalue weighted by Gasteiger charge is -2.47. The van der Waals surface area contributed by atoms with Gasteiger partial charge in [-0.1, -0.05) is 26.2 Å². The maximum atomic E-state index is 12.9. The Hall–Kier alpha value is -1.93. The van der Waals surface area contributed by atoms with Gasteiger partial charge in [-0.15, -0.1) is 0 Å². The lowest BCUT2D eigenvalue weighted by molar-refractivity contribution is 0.0705. The predicted molar refractivity (Wildman–Crippen MR) is 130 cm³/mol. The number of benzene rings is 1. The van der Waals surface area contributed by atoms with Crippen LogP contribution in [0.2, 0.25) is 0 Å². The summed E-state index contributed by atoms with van der Waals surface area (Å²) in [5, 5.41) is 6.56. The fourth-order valence-corrected chi connectivity index (χ4v) is 6.77. The first kappa shape index (κ1) is 24.2. The van der Waals surface area contributed by atoms with Crippen LogP contribution >= 0.6 is 0 Å². The van der Waals surface area contributed by atoms with E-state index in [0.717, 1.165) is 43.9 Å². The summed E-state index contributed by atoms with van der Waals surface area (Å²) in [6, 6.07) is 6.95. The molecule has 3 aliphatic rings. The minimum atomic E-state index is -1.26. The van der Waals surface area contributed by atoms with Gasteiger partial charge in [-0.2, -0.15) is 0 Å². The van der Waals surface area contributed by atoms with Crippen molar-refractivity contribution in [1.82, 2.24) is 20.3 Å². The van der Waals surface area contributed by atoms with Crippen molar-refractivity contribution < 1.29 is 13.8 Å². The molecule has 4 rings (SSSR count). The summed E-state index contributed by atoms with van der Waals surface area (Å²) in [6.07, 6.45) is 10.0. The average molecular weight is 475 g/mol. The van der Waals surface area contributed by atoms with E-state index in [9.17, 15) is 13.8 Å². The average Bonchev–Trinajstić information content (AvgIpc) is 2.83. The van der Waals surface area contributed by atoms with Crippen molar-refractivity contribution in [2.24, 2.45) is 11.8 Å². The van der Waals surface area contributed by atoms with Crippen molar-refractivity contribution in [3.63, 3.8) is 0 Å². The van der Waals surface area contributed by atoms with Crippen LogP contribution in [0.1, 0.15) is 75.1 Å². The number of hydrogen-bond acceptors (Lipinski definition) is 3. The number of piperidine rings is 1. The number of carbonyl (C=O) groups excluding carboxylic acids is 2. The second kappa shape index (κ2) is 10.6. The minimum Gasteiger partial charge on any atom is -0.338 e. The summed E-state index contributed by atoms with van der Waals surface area (Å²) >= 11 is 0. The Bertz CT molecular complexity index is 855. The lowest BCUT2D eigenvalue weighted by Crippen LogP contribution is -2.58. The predicted octanol–water partition coefficient (Wildman–Crippen LogP) is 3.58. The molecule has 3 amide bonds. The van der Waals surface area contributed by atoms with E-state index in [2.05, 4.69) is 22.3 Å². The normalized spacial score (nSPS) is 28.7. The van der Waals surface area contributed by atoms with Crippen molar-refractivity contribution in [1.29, 1.82) is 0 Å². The summed E-state index contributed by atoms with van der Waals surface area (Å²) in [4.78, 5) is 28.2. The molecule has 1 saturated heterocycles. The molecular formula is C25H38N4O3S. The van der Waals surface area contributed by atoms with Gasteiger partial charge < -0.3 is 15.5 Å². The molecule has 1 heterocycles. The number of rotatable bonds is 6. The topological polar surface area (TPSA) is 90.5 Å². The number of nitrogens with one attached hydrogen (secondary N) is 3. The summed E-state index contributed by atoms with van der Waals surface area (Å²) in [6.45, 7) is 3.45. The molecule has 7 nitrogen and oxygen atoms in total. The van der Waals surface area contributed by atoms with Gasteiger partial charge in [0.1, 0.15) is 11.0 Å². The Balaban J connectivity index is 1.26.